The van der Waals surface area contributed by atoms with Gasteiger partial charge in [-0.05, 0) is 19.1 Å². The number of para-hydroxylation sites is 2. The molecule has 1 heterocycles. The van der Waals surface area contributed by atoms with E-state index in [0.29, 0.717) is 24.0 Å². The number of anilines is 1. The molecule has 1 fully saturated rings. The van der Waals surface area contributed by atoms with E-state index in [9.17, 15) is 9.59 Å². The van der Waals surface area contributed by atoms with Crippen molar-refractivity contribution in [1.82, 2.24) is 10.2 Å². The van der Waals surface area contributed by atoms with Crippen molar-refractivity contribution < 1.29 is 14.3 Å². The van der Waals surface area contributed by atoms with Gasteiger partial charge in [0.2, 0.25) is 11.8 Å². The maximum Gasteiger partial charge on any atom is 0.241 e. The molecule has 0 saturated carbocycles. The van der Waals surface area contributed by atoms with Crippen LogP contribution in [-0.4, -0.2) is 62.6 Å². The smallest absolute Gasteiger partial charge is 0.241 e. The van der Waals surface area contributed by atoms with Crippen LogP contribution in [0, 0.1) is 0 Å². The third kappa shape index (κ3) is 5.88. The summed E-state index contributed by atoms with van der Waals surface area (Å²) in [6, 6.07) is 7.60. The predicted octanol–water partition coefficient (Wildman–Crippen LogP) is 0.619. The van der Waals surface area contributed by atoms with Gasteiger partial charge in [-0.15, -0.1) is 12.4 Å². The average Bonchev–Trinajstić information content (AvgIpc) is 2.57. The predicted molar refractivity (Wildman–Crippen MR) is 100 cm³/mol. The van der Waals surface area contributed by atoms with E-state index >= 15 is 0 Å². The fourth-order valence-electron chi connectivity index (χ4n) is 2.83. The molecule has 3 N–H and O–H groups in total. The van der Waals surface area contributed by atoms with Gasteiger partial charge in [-0.25, -0.2) is 0 Å². The van der Waals surface area contributed by atoms with Crippen LogP contribution in [0.3, 0.4) is 0 Å². The Kier molecular flexibility index (Phi) is 8.68. The highest BCUT2D eigenvalue weighted by Gasteiger charge is 2.25. The van der Waals surface area contributed by atoms with Crippen molar-refractivity contribution in [2.24, 2.45) is 5.73 Å². The van der Waals surface area contributed by atoms with Crippen LogP contribution in [-0.2, 0) is 9.59 Å². The first-order valence-electron chi connectivity index (χ1n) is 8.19. The maximum absolute atomic E-state index is 12.9. The van der Waals surface area contributed by atoms with E-state index in [0.717, 1.165) is 19.6 Å². The van der Waals surface area contributed by atoms with Gasteiger partial charge >= 0.3 is 0 Å². The summed E-state index contributed by atoms with van der Waals surface area (Å²) in [5, 5.41) is 3.31. The number of hydrogen-bond acceptors (Lipinski definition) is 5. The largest absolute Gasteiger partial charge is 0.495 e. The molecule has 1 aliphatic rings. The van der Waals surface area contributed by atoms with Crippen LogP contribution in [0.1, 0.15) is 13.3 Å². The van der Waals surface area contributed by atoms with Crippen LogP contribution in [0.15, 0.2) is 24.3 Å². The summed E-state index contributed by atoms with van der Waals surface area (Å²) in [7, 11) is 1.56. The van der Waals surface area contributed by atoms with Gasteiger partial charge in [-0.2, -0.15) is 0 Å². The van der Waals surface area contributed by atoms with Crippen LogP contribution in [0.4, 0.5) is 5.69 Å². The number of methoxy groups -OCH3 is 1. The summed E-state index contributed by atoms with van der Waals surface area (Å²) in [6.45, 7) is 5.20. The highest BCUT2D eigenvalue weighted by atomic mass is 35.5. The number of halogens is 1. The van der Waals surface area contributed by atoms with Gasteiger partial charge in [-0.3, -0.25) is 14.5 Å². The van der Waals surface area contributed by atoms with Crippen molar-refractivity contribution in [3.8, 4) is 5.75 Å². The van der Waals surface area contributed by atoms with Gasteiger partial charge in [0.05, 0.1) is 19.3 Å². The van der Waals surface area contributed by atoms with Gasteiger partial charge in [0.15, 0.2) is 0 Å². The Bertz CT molecular complexity index is 585. The molecule has 2 amide bonds. The second-order valence-electron chi connectivity index (χ2n) is 5.96. The molecule has 0 spiro atoms. The molecule has 1 aliphatic heterocycles. The number of nitrogens with two attached hydrogens (primary N) is 1. The molecular formula is C17H27ClN4O3. The van der Waals surface area contributed by atoms with E-state index in [2.05, 4.69) is 17.1 Å². The number of carbonyl (C=O) groups excluding carboxylic acids is 2. The number of rotatable bonds is 7. The van der Waals surface area contributed by atoms with Crippen LogP contribution < -0.4 is 20.7 Å². The number of amides is 2. The fraction of sp³-hybridized carbons (Fsp3) is 0.529. The van der Waals surface area contributed by atoms with Gasteiger partial charge in [0, 0.05) is 38.6 Å². The number of benzene rings is 1. The summed E-state index contributed by atoms with van der Waals surface area (Å²) in [5.74, 6) is 0.108. The van der Waals surface area contributed by atoms with Crippen molar-refractivity contribution in [3.63, 3.8) is 0 Å². The Hall–Kier alpha value is -1.83. The molecule has 8 heteroatoms. The standard InChI is InChI=1S/C17H26N4O3.ClH/c1-13-11-19-8-10-20(13)12-17(23)21(9-7-16(18)22)14-5-3-4-6-15(14)24-2;/h3-6,13,19H,7-12H2,1-2H3,(H2,18,22);1H/t13-;/m0./s1. The molecule has 25 heavy (non-hydrogen) atoms. The van der Waals surface area contributed by atoms with Crippen molar-refractivity contribution in [3.05, 3.63) is 24.3 Å². The molecule has 0 aliphatic carbocycles. The molecule has 0 aromatic heterocycles. The molecule has 7 nitrogen and oxygen atoms in total. The number of primary amides is 1. The van der Waals surface area contributed by atoms with Crippen molar-refractivity contribution in [2.45, 2.75) is 19.4 Å². The summed E-state index contributed by atoms with van der Waals surface area (Å²) in [5.41, 5.74) is 5.93. The normalized spacial score (nSPS) is 17.4. The Morgan fingerprint density at radius 2 is 2.12 bits per heavy atom. The molecule has 1 aromatic rings. The van der Waals surface area contributed by atoms with Crippen LogP contribution >= 0.6 is 12.4 Å². The van der Waals surface area contributed by atoms with Crippen LogP contribution in [0.25, 0.3) is 0 Å². The molecule has 1 saturated heterocycles. The lowest BCUT2D eigenvalue weighted by Gasteiger charge is -2.35. The number of nitrogens with one attached hydrogen (secondary N) is 1. The zero-order chi connectivity index (χ0) is 17.5. The monoisotopic (exact) mass is 370 g/mol. The van der Waals surface area contributed by atoms with E-state index in [1.165, 1.54) is 0 Å². The molecule has 140 valence electrons. The van der Waals surface area contributed by atoms with Crippen LogP contribution in [0.2, 0.25) is 0 Å². The van der Waals surface area contributed by atoms with Crippen molar-refractivity contribution in [1.29, 1.82) is 0 Å². The highest BCUT2D eigenvalue weighted by Crippen LogP contribution is 2.28. The number of carbonyl (C=O) groups is 2. The highest BCUT2D eigenvalue weighted by molar-refractivity contribution is 5.96. The maximum atomic E-state index is 12.9. The molecule has 1 aromatic carbocycles. The second kappa shape index (κ2) is 10.2. The number of ether oxygens (including phenoxy) is 1. The zero-order valence-electron chi connectivity index (χ0n) is 14.7. The molecule has 2 rings (SSSR count). The second-order valence-corrected chi connectivity index (χ2v) is 5.96. The lowest BCUT2D eigenvalue weighted by molar-refractivity contribution is -0.120. The molecule has 0 bridgehead atoms. The third-order valence-electron chi connectivity index (χ3n) is 4.24. The molecule has 1 atom stereocenters. The topological polar surface area (TPSA) is 87.9 Å². The Morgan fingerprint density at radius 1 is 1.40 bits per heavy atom. The minimum Gasteiger partial charge on any atom is -0.495 e. The van der Waals surface area contributed by atoms with E-state index in [1.807, 2.05) is 18.2 Å². The number of piperazine rings is 1. The van der Waals surface area contributed by atoms with E-state index < -0.39 is 5.91 Å². The fourth-order valence-corrected chi connectivity index (χ4v) is 2.83. The quantitative estimate of drug-likeness (QED) is 0.734. The van der Waals surface area contributed by atoms with Crippen molar-refractivity contribution in [2.75, 3.05) is 44.7 Å². The lowest BCUT2D eigenvalue weighted by Crippen LogP contribution is -2.53. The van der Waals surface area contributed by atoms with Crippen molar-refractivity contribution >= 4 is 29.9 Å². The van der Waals surface area contributed by atoms with Gasteiger partial charge in [0.25, 0.3) is 0 Å². The van der Waals surface area contributed by atoms with Gasteiger partial charge < -0.3 is 20.7 Å². The van der Waals surface area contributed by atoms with Crippen LogP contribution in [0.5, 0.6) is 5.75 Å². The van der Waals surface area contributed by atoms with E-state index in [1.54, 1.807) is 18.1 Å². The first-order valence-corrected chi connectivity index (χ1v) is 8.19. The minimum absolute atomic E-state index is 0. The SMILES string of the molecule is COc1ccccc1N(CCC(N)=O)C(=O)CN1CCNC[C@@H]1C.Cl. The average molecular weight is 371 g/mol. The zero-order valence-corrected chi connectivity index (χ0v) is 15.6. The number of nitrogens with zero attached hydrogens (tertiary/aromatic N) is 2. The Balaban J connectivity index is 0.00000312. The summed E-state index contributed by atoms with van der Waals surface area (Å²) in [4.78, 5) is 27.8. The minimum atomic E-state index is -0.432. The van der Waals surface area contributed by atoms with Gasteiger partial charge in [-0.1, -0.05) is 12.1 Å². The first kappa shape index (κ1) is 21.2. The summed E-state index contributed by atoms with van der Waals surface area (Å²) in [6.07, 6.45) is 0.112. The first-order chi connectivity index (χ1) is 11.5. The third-order valence-corrected chi connectivity index (χ3v) is 4.24. The molecule has 0 unspecified atom stereocenters. The van der Waals surface area contributed by atoms with Gasteiger partial charge in [0.1, 0.15) is 5.75 Å². The van der Waals surface area contributed by atoms with E-state index in [-0.39, 0.29) is 31.3 Å². The summed E-state index contributed by atoms with van der Waals surface area (Å²) < 4.78 is 5.36. The van der Waals surface area contributed by atoms with E-state index in [4.69, 9.17) is 10.5 Å². The molecule has 0 radical (unpaired) electrons. The number of hydrogen-bond donors (Lipinski definition) is 2. The molecular weight excluding hydrogens is 344 g/mol. The lowest BCUT2D eigenvalue weighted by atomic mass is 10.2. The Morgan fingerprint density at radius 3 is 2.76 bits per heavy atom. The Labute approximate surface area is 154 Å². The summed E-state index contributed by atoms with van der Waals surface area (Å²) >= 11 is 0.